The summed E-state index contributed by atoms with van der Waals surface area (Å²) in [5.41, 5.74) is 2.02. The van der Waals surface area contributed by atoms with E-state index < -0.39 is 10.0 Å². The number of ether oxygens (including phenoxy) is 1. The van der Waals surface area contributed by atoms with Gasteiger partial charge in [0.2, 0.25) is 10.0 Å². The van der Waals surface area contributed by atoms with Crippen LogP contribution in [0, 0.1) is 0 Å². The normalized spacial score (nSPS) is 23.2. The molecule has 1 aromatic rings. The molecule has 7 nitrogen and oxygen atoms in total. The molecule has 0 unspecified atom stereocenters. The zero-order chi connectivity index (χ0) is 18.3. The molecule has 3 heterocycles. The molecule has 0 aliphatic carbocycles. The molecule has 3 rings (SSSR count). The minimum atomic E-state index is -3.10. The minimum Gasteiger partial charge on any atom is -0.372 e. The van der Waals surface area contributed by atoms with E-state index in [4.69, 9.17) is 4.74 Å². The Morgan fingerprint density at radius 3 is 2.52 bits per heavy atom. The van der Waals surface area contributed by atoms with E-state index in [1.165, 1.54) is 6.26 Å². The minimum absolute atomic E-state index is 0.0411. The van der Waals surface area contributed by atoms with Crippen molar-refractivity contribution in [2.45, 2.75) is 51.2 Å². The number of nitrogens with one attached hydrogen (secondary N) is 1. The third-order valence-electron chi connectivity index (χ3n) is 5.22. The van der Waals surface area contributed by atoms with Gasteiger partial charge >= 0.3 is 0 Å². The average molecular weight is 371 g/mol. The highest BCUT2D eigenvalue weighted by atomic mass is 32.2. The van der Waals surface area contributed by atoms with Gasteiger partial charge in [0.25, 0.3) is 0 Å². The Hall–Kier alpha value is -0.960. The van der Waals surface area contributed by atoms with Crippen molar-refractivity contribution in [3.63, 3.8) is 0 Å². The molecule has 0 aromatic carbocycles. The van der Waals surface area contributed by atoms with Crippen LogP contribution in [0.25, 0.3) is 0 Å². The Balaban J connectivity index is 1.61. The third-order valence-corrected chi connectivity index (χ3v) is 6.53. The van der Waals surface area contributed by atoms with E-state index in [1.807, 2.05) is 0 Å². The molecule has 0 bridgehead atoms. The summed E-state index contributed by atoms with van der Waals surface area (Å²) in [7, 11) is -3.10. The lowest BCUT2D eigenvalue weighted by molar-refractivity contribution is -0.131. The van der Waals surface area contributed by atoms with Gasteiger partial charge in [-0.05, 0) is 18.9 Å². The van der Waals surface area contributed by atoms with Crippen LogP contribution < -0.4 is 0 Å². The van der Waals surface area contributed by atoms with E-state index in [9.17, 15) is 8.42 Å². The van der Waals surface area contributed by atoms with Gasteiger partial charge in [0.05, 0.1) is 24.2 Å². The summed E-state index contributed by atoms with van der Waals surface area (Å²) in [6.07, 6.45) is 2.80. The summed E-state index contributed by atoms with van der Waals surface area (Å²) < 4.78 is 31.1. The number of sulfonamides is 1. The molecule has 8 heteroatoms. The first-order chi connectivity index (χ1) is 11.6. The van der Waals surface area contributed by atoms with Crippen LogP contribution in [0.4, 0.5) is 0 Å². The van der Waals surface area contributed by atoms with Gasteiger partial charge in [0.15, 0.2) is 0 Å². The number of morpholine rings is 1. The van der Waals surface area contributed by atoms with Gasteiger partial charge in [-0.15, -0.1) is 0 Å². The second-order valence-corrected chi connectivity index (χ2v) is 10.4. The topological polar surface area (TPSA) is 78.5 Å². The molecule has 1 aromatic heterocycles. The van der Waals surface area contributed by atoms with Gasteiger partial charge < -0.3 is 4.74 Å². The largest absolute Gasteiger partial charge is 0.372 e. The molecule has 2 aliphatic rings. The lowest BCUT2D eigenvalue weighted by Crippen LogP contribution is -2.57. The molecular formula is C17H30N4O3S. The fraction of sp³-hybridized carbons (Fsp3) is 0.824. The quantitative estimate of drug-likeness (QED) is 0.868. The molecule has 2 fully saturated rings. The second kappa shape index (κ2) is 6.64. The zero-order valence-electron chi connectivity index (χ0n) is 15.7. The fourth-order valence-electron chi connectivity index (χ4n) is 3.65. The first-order valence-corrected chi connectivity index (χ1v) is 10.8. The van der Waals surface area contributed by atoms with Crippen molar-refractivity contribution in [3.8, 4) is 0 Å². The molecule has 1 spiro atoms. The number of hydrogen-bond acceptors (Lipinski definition) is 5. The van der Waals surface area contributed by atoms with Crippen LogP contribution in [0.1, 0.15) is 45.0 Å². The third kappa shape index (κ3) is 4.42. The highest BCUT2D eigenvalue weighted by molar-refractivity contribution is 7.88. The molecule has 0 radical (unpaired) electrons. The van der Waals surface area contributed by atoms with E-state index in [2.05, 4.69) is 41.9 Å². The molecular weight excluding hydrogens is 340 g/mol. The highest BCUT2D eigenvalue weighted by Crippen LogP contribution is 2.31. The molecule has 2 aliphatic heterocycles. The predicted octanol–water partition coefficient (Wildman–Crippen LogP) is 1.33. The molecule has 0 saturated carbocycles. The van der Waals surface area contributed by atoms with Crippen LogP contribution in [0.3, 0.4) is 0 Å². The van der Waals surface area contributed by atoms with E-state index in [0.717, 1.165) is 43.9 Å². The van der Waals surface area contributed by atoms with Crippen molar-refractivity contribution in [1.29, 1.82) is 0 Å². The molecule has 0 atom stereocenters. The Morgan fingerprint density at radius 1 is 1.28 bits per heavy atom. The van der Waals surface area contributed by atoms with Crippen molar-refractivity contribution >= 4 is 10.0 Å². The number of aromatic nitrogens is 2. The van der Waals surface area contributed by atoms with E-state index in [1.54, 1.807) is 4.31 Å². The smallest absolute Gasteiger partial charge is 0.211 e. The van der Waals surface area contributed by atoms with Gasteiger partial charge in [-0.1, -0.05) is 20.8 Å². The fourth-order valence-corrected chi connectivity index (χ4v) is 4.50. The summed E-state index contributed by atoms with van der Waals surface area (Å²) in [6, 6.07) is 2.15. The molecule has 0 amide bonds. The standard InChI is InChI=1S/C17H30N4O3S/c1-16(2,3)15-11-14(18-19-15)12-20-9-10-24-17(13-20)5-7-21(8-6-17)25(4,22)23/h11H,5-10,12-13H2,1-4H3,(H,18,19). The SMILES string of the molecule is CC(C)(C)c1cc(CN2CCOC3(CCN(S(C)(=O)=O)CC3)C2)[nH]n1. The maximum atomic E-state index is 11.7. The number of hydrogen-bond donors (Lipinski definition) is 1. The van der Waals surface area contributed by atoms with E-state index in [-0.39, 0.29) is 11.0 Å². The molecule has 25 heavy (non-hydrogen) atoms. The zero-order valence-corrected chi connectivity index (χ0v) is 16.5. The Labute approximate surface area is 150 Å². The number of H-pyrrole nitrogens is 1. The Morgan fingerprint density at radius 2 is 1.96 bits per heavy atom. The lowest BCUT2D eigenvalue weighted by Gasteiger charge is -2.46. The maximum absolute atomic E-state index is 11.7. The monoisotopic (exact) mass is 370 g/mol. The lowest BCUT2D eigenvalue weighted by atomic mass is 9.90. The molecule has 2 saturated heterocycles. The van der Waals surface area contributed by atoms with E-state index in [0.29, 0.717) is 19.7 Å². The van der Waals surface area contributed by atoms with Crippen LogP contribution >= 0.6 is 0 Å². The van der Waals surface area contributed by atoms with Gasteiger partial charge in [-0.3, -0.25) is 10.00 Å². The number of aromatic amines is 1. The van der Waals surface area contributed by atoms with Crippen LogP contribution in [-0.4, -0.2) is 72.5 Å². The van der Waals surface area contributed by atoms with Crippen molar-refractivity contribution in [2.75, 3.05) is 39.0 Å². The Kier molecular flexibility index (Phi) is 5.00. The molecule has 1 N–H and O–H groups in total. The number of piperidine rings is 1. The first kappa shape index (κ1) is 18.8. The van der Waals surface area contributed by atoms with Gasteiger partial charge in [0.1, 0.15) is 0 Å². The average Bonchev–Trinajstić information content (AvgIpc) is 2.95. The summed E-state index contributed by atoms with van der Waals surface area (Å²) in [5, 5.41) is 7.60. The van der Waals surface area contributed by atoms with Crippen molar-refractivity contribution in [3.05, 3.63) is 17.5 Å². The van der Waals surface area contributed by atoms with Crippen molar-refractivity contribution in [1.82, 2.24) is 19.4 Å². The maximum Gasteiger partial charge on any atom is 0.211 e. The first-order valence-electron chi connectivity index (χ1n) is 8.94. The summed E-state index contributed by atoms with van der Waals surface area (Å²) >= 11 is 0. The highest BCUT2D eigenvalue weighted by Gasteiger charge is 2.41. The summed E-state index contributed by atoms with van der Waals surface area (Å²) in [5.74, 6) is 0. The molecule has 142 valence electrons. The summed E-state index contributed by atoms with van der Waals surface area (Å²) in [6.45, 7) is 10.8. The number of nitrogens with zero attached hydrogens (tertiary/aromatic N) is 3. The van der Waals surface area contributed by atoms with E-state index >= 15 is 0 Å². The van der Waals surface area contributed by atoms with Gasteiger partial charge in [0, 0.05) is 43.8 Å². The van der Waals surface area contributed by atoms with Crippen LogP contribution in [0.2, 0.25) is 0 Å². The van der Waals surface area contributed by atoms with Gasteiger partial charge in [-0.2, -0.15) is 5.10 Å². The van der Waals surface area contributed by atoms with Gasteiger partial charge in [-0.25, -0.2) is 12.7 Å². The number of rotatable bonds is 3. The van der Waals surface area contributed by atoms with Crippen molar-refractivity contribution in [2.24, 2.45) is 0 Å². The summed E-state index contributed by atoms with van der Waals surface area (Å²) in [4.78, 5) is 2.39. The van der Waals surface area contributed by atoms with Crippen molar-refractivity contribution < 1.29 is 13.2 Å². The second-order valence-electron chi connectivity index (χ2n) is 8.43. The predicted molar refractivity (Wildman–Crippen MR) is 96.9 cm³/mol. The van der Waals surface area contributed by atoms with Crippen LogP contribution in [0.15, 0.2) is 6.07 Å². The van der Waals surface area contributed by atoms with Crippen LogP contribution in [-0.2, 0) is 26.7 Å². The Bertz CT molecular complexity index is 700. The van der Waals surface area contributed by atoms with Crippen LogP contribution in [0.5, 0.6) is 0 Å².